The molecule has 0 amide bonds. The topological polar surface area (TPSA) is 0 Å². The monoisotopic (exact) mass is 250 g/mol. The molecule has 0 unspecified atom stereocenters. The molecule has 0 heterocycles. The van der Waals surface area contributed by atoms with Crippen molar-refractivity contribution in [1.82, 2.24) is 0 Å². The number of halogens is 1. The Hall–Kier alpha value is 0.573. The van der Waals surface area contributed by atoms with Gasteiger partial charge in [-0.2, -0.15) is 0 Å². The Labute approximate surface area is 83.9 Å². The fourth-order valence-electron chi connectivity index (χ4n) is 1.15. The molecule has 0 aliphatic carbocycles. The summed E-state index contributed by atoms with van der Waals surface area (Å²) in [6, 6.07) is 0. The first kappa shape index (κ1) is 12.6. The fraction of sp³-hybridized carbons (Fsp3) is 0.800. The quantitative estimate of drug-likeness (QED) is 0.506. The Bertz CT molecular complexity index is 165. The molecule has 72 valence electrons. The van der Waals surface area contributed by atoms with E-state index >= 15 is 0 Å². The minimum absolute atomic E-state index is 1.22. The van der Waals surface area contributed by atoms with E-state index in [1.165, 1.54) is 26.9 Å². The van der Waals surface area contributed by atoms with Crippen LogP contribution in [0.4, 0.5) is 0 Å². The van der Waals surface area contributed by atoms with Crippen molar-refractivity contribution < 1.29 is 0 Å². The molecule has 0 aliphatic heterocycles. The van der Waals surface area contributed by atoms with Crippen LogP contribution < -0.4 is 0 Å². The maximum atomic E-state index is 6.60. The molecule has 0 aromatic heterocycles. The van der Waals surface area contributed by atoms with Gasteiger partial charge in [-0.05, 0) is 0 Å². The predicted octanol–water partition coefficient (Wildman–Crippen LogP) is 4.57. The van der Waals surface area contributed by atoms with E-state index in [4.69, 9.17) is 10.0 Å². The van der Waals surface area contributed by atoms with Crippen LogP contribution in [0.5, 0.6) is 0 Å². The first-order chi connectivity index (χ1) is 5.45. The Morgan fingerprint density at radius 2 is 1.50 bits per heavy atom. The first-order valence-corrected chi connectivity index (χ1v) is 12.0. The summed E-state index contributed by atoms with van der Waals surface area (Å²) in [6.45, 7) is 11.1. The summed E-state index contributed by atoms with van der Waals surface area (Å²) in [5.74, 6) is 0. The Morgan fingerprint density at radius 3 is 1.75 bits per heavy atom. The number of rotatable bonds is 4. The minimum atomic E-state index is -1.90. The van der Waals surface area contributed by atoms with E-state index in [0.717, 1.165) is 0 Å². The van der Waals surface area contributed by atoms with Crippen molar-refractivity contribution in [2.45, 2.75) is 50.4 Å². The molecule has 0 aromatic carbocycles. The summed E-state index contributed by atoms with van der Waals surface area (Å²) in [7, 11) is 6.60. The Morgan fingerprint density at radius 1 is 1.08 bits per heavy atom. The van der Waals surface area contributed by atoms with Crippen LogP contribution in [-0.2, 0) is 0 Å². The van der Waals surface area contributed by atoms with Crippen LogP contribution in [0.25, 0.3) is 0 Å². The normalized spacial score (nSPS) is 11.5. The van der Waals surface area contributed by atoms with Crippen molar-refractivity contribution in [2.75, 3.05) is 0 Å². The van der Waals surface area contributed by atoms with Gasteiger partial charge in [0, 0.05) is 0 Å². The van der Waals surface area contributed by atoms with E-state index in [0.29, 0.717) is 0 Å². The van der Waals surface area contributed by atoms with E-state index in [1.807, 2.05) is 0 Å². The number of hydrogen-bond acceptors (Lipinski definition) is 0. The molecular weight excluding hydrogens is 228 g/mol. The van der Waals surface area contributed by atoms with E-state index in [2.05, 4.69) is 34.6 Å². The second kappa shape index (κ2) is 5.33. The van der Waals surface area contributed by atoms with E-state index in [-0.39, 0.29) is 0 Å². The molecule has 0 N–H and O–H groups in total. The van der Waals surface area contributed by atoms with Gasteiger partial charge in [-0.25, -0.2) is 0 Å². The van der Waals surface area contributed by atoms with Crippen molar-refractivity contribution in [3.63, 3.8) is 0 Å². The summed E-state index contributed by atoms with van der Waals surface area (Å²) in [4.78, 5) is 0. The van der Waals surface area contributed by atoms with Gasteiger partial charge >= 0.3 is 83.9 Å². The summed E-state index contributed by atoms with van der Waals surface area (Å²) in [5.41, 5.74) is 2.97. The predicted molar refractivity (Wildman–Crippen MR) is 61.4 cm³/mol. The van der Waals surface area contributed by atoms with E-state index in [9.17, 15) is 0 Å². The second-order valence-corrected chi connectivity index (χ2v) is 16.5. The molecule has 0 atom stereocenters. The third-order valence-electron chi connectivity index (χ3n) is 2.70. The zero-order valence-corrected chi connectivity index (χ0v) is 11.9. The molecule has 0 rings (SSSR count). The number of hydrogen-bond donors (Lipinski definition) is 0. The zero-order chi connectivity index (χ0) is 9.78. The molecule has 0 nitrogen and oxygen atoms in total. The van der Waals surface area contributed by atoms with Gasteiger partial charge in [0.1, 0.15) is 0 Å². The first-order valence-electron chi connectivity index (χ1n) is 4.77. The Kier molecular flexibility index (Phi) is 5.59. The van der Waals surface area contributed by atoms with Crippen molar-refractivity contribution in [1.29, 1.82) is 0 Å². The van der Waals surface area contributed by atoms with Crippen LogP contribution in [0.2, 0.25) is 15.8 Å². The molecule has 0 aromatic rings. The third kappa shape index (κ3) is 4.00. The average Bonchev–Trinajstić information content (AvgIpc) is 2.04. The third-order valence-corrected chi connectivity index (χ3v) is 13.9. The van der Waals surface area contributed by atoms with Crippen molar-refractivity contribution in [2.24, 2.45) is 0 Å². The van der Waals surface area contributed by atoms with Gasteiger partial charge in [0.25, 0.3) is 0 Å². The van der Waals surface area contributed by atoms with Crippen LogP contribution in [0.15, 0.2) is 11.1 Å². The van der Waals surface area contributed by atoms with E-state index < -0.39 is 12.3 Å². The maximum absolute atomic E-state index is 6.60. The van der Waals surface area contributed by atoms with Crippen LogP contribution in [0, 0.1) is 0 Å². The summed E-state index contributed by atoms with van der Waals surface area (Å²) < 4.78 is 0. The van der Waals surface area contributed by atoms with Crippen LogP contribution in [0.1, 0.15) is 34.6 Å². The van der Waals surface area contributed by atoms with Crippen molar-refractivity contribution in [3.05, 3.63) is 11.1 Å². The molecule has 0 fully saturated rings. The zero-order valence-electron chi connectivity index (χ0n) is 9.00. The molecule has 2 heteroatoms. The molecular formula is C10H21ClGe. The van der Waals surface area contributed by atoms with Crippen LogP contribution in [-0.4, -0.2) is 12.3 Å². The van der Waals surface area contributed by atoms with Gasteiger partial charge in [0.05, 0.1) is 0 Å². The summed E-state index contributed by atoms with van der Waals surface area (Å²) in [5, 5.41) is 3.70. The van der Waals surface area contributed by atoms with Gasteiger partial charge in [-0.3, -0.25) is 0 Å². The van der Waals surface area contributed by atoms with Crippen LogP contribution in [0.3, 0.4) is 0 Å². The second-order valence-electron chi connectivity index (χ2n) is 3.82. The van der Waals surface area contributed by atoms with Gasteiger partial charge in [-0.1, -0.05) is 0 Å². The van der Waals surface area contributed by atoms with Gasteiger partial charge in [0.2, 0.25) is 0 Å². The summed E-state index contributed by atoms with van der Waals surface area (Å²) >= 11 is -1.90. The SMILES string of the molecule is C[CH2][Ge]([Cl])([CH2]C)[CH2]C(C)=C(C)C. The fourth-order valence-corrected chi connectivity index (χ4v) is 7.03. The molecule has 0 aliphatic rings. The molecule has 0 radical (unpaired) electrons. The van der Waals surface area contributed by atoms with Gasteiger partial charge in [0.15, 0.2) is 0 Å². The molecule has 12 heavy (non-hydrogen) atoms. The molecule has 0 saturated carbocycles. The standard InChI is InChI=1S/C10H21ClGe/c1-6-12(11,7-2)8-10(5)9(3)4/h6-8H2,1-5H3. The van der Waals surface area contributed by atoms with Gasteiger partial charge in [-0.15, -0.1) is 0 Å². The number of allylic oxidation sites excluding steroid dienone is 2. The van der Waals surface area contributed by atoms with Crippen molar-refractivity contribution in [3.8, 4) is 0 Å². The molecule has 0 spiro atoms. The van der Waals surface area contributed by atoms with Gasteiger partial charge < -0.3 is 0 Å². The Balaban J connectivity index is 4.32. The summed E-state index contributed by atoms with van der Waals surface area (Å²) in [6.07, 6.45) is 0. The van der Waals surface area contributed by atoms with Crippen LogP contribution >= 0.6 is 10.0 Å². The molecule has 0 saturated heterocycles. The van der Waals surface area contributed by atoms with E-state index in [1.54, 1.807) is 0 Å². The van der Waals surface area contributed by atoms with Crippen molar-refractivity contribution >= 4 is 22.3 Å². The average molecular weight is 249 g/mol. The molecule has 0 bridgehead atoms.